The van der Waals surface area contributed by atoms with Crippen LogP contribution in [0, 0.1) is 11.8 Å². The number of carbonyl (C=O) groups excluding carboxylic acids is 2. The average molecular weight is 522 g/mol. The van der Waals surface area contributed by atoms with Crippen LogP contribution in [0.4, 0.5) is 4.79 Å². The van der Waals surface area contributed by atoms with Gasteiger partial charge in [-0.05, 0) is 66.6 Å². The van der Waals surface area contributed by atoms with Crippen LogP contribution in [0.5, 0.6) is 0 Å². The zero-order chi connectivity index (χ0) is 27.0. The van der Waals surface area contributed by atoms with E-state index in [1.54, 1.807) is 41.5 Å². The highest BCUT2D eigenvalue weighted by atomic mass is 31.2. The van der Waals surface area contributed by atoms with Gasteiger partial charge in [0.05, 0.1) is 18.8 Å². The quantitative estimate of drug-likeness (QED) is 0.230. The Bertz CT molecular complexity index is 797. The van der Waals surface area contributed by atoms with E-state index in [0.29, 0.717) is 0 Å². The first-order valence-electron chi connectivity index (χ1n) is 11.3. The summed E-state index contributed by atoms with van der Waals surface area (Å²) in [5.41, 5.74) is -1.61. The fourth-order valence-electron chi connectivity index (χ4n) is 1.95. The molecule has 2 atom stereocenters. The van der Waals surface area contributed by atoms with Gasteiger partial charge in [0, 0.05) is 0 Å². The molecule has 11 heteroatoms. The van der Waals surface area contributed by atoms with Gasteiger partial charge < -0.3 is 14.5 Å². The Morgan fingerprint density at radius 2 is 1.44 bits per heavy atom. The molecule has 0 rings (SSSR count). The minimum atomic E-state index is -4.11. The number of hydrogen-bond donors (Lipinski definition) is 1. The molecule has 1 amide bonds. The van der Waals surface area contributed by atoms with Gasteiger partial charge in [-0.15, -0.1) is 0 Å². The lowest BCUT2D eigenvalue weighted by atomic mass is 10.2. The molecular formula is C23H44NO8PSi. The van der Waals surface area contributed by atoms with Crippen molar-refractivity contribution in [3.63, 3.8) is 0 Å². The smallest absolute Gasteiger partial charge is 0.444 e. The lowest BCUT2D eigenvalue weighted by Crippen LogP contribution is -2.45. The summed E-state index contributed by atoms with van der Waals surface area (Å²) in [4.78, 5) is 24.0. The first-order chi connectivity index (χ1) is 15.1. The summed E-state index contributed by atoms with van der Waals surface area (Å²) in [6, 6.07) is -1.10. The first-order valence-corrected chi connectivity index (χ1v) is 15.6. The highest BCUT2D eigenvalue weighted by Crippen LogP contribution is 2.52. The third-order valence-corrected chi connectivity index (χ3v) is 10.9. The van der Waals surface area contributed by atoms with Gasteiger partial charge in [-0.1, -0.05) is 32.6 Å². The number of carbonyl (C=O) groups is 2. The Balaban J connectivity index is 5.14. The highest BCUT2D eigenvalue weighted by molar-refractivity contribution is 7.48. The first kappa shape index (κ1) is 32.8. The summed E-state index contributed by atoms with van der Waals surface area (Å²) in [5, 5.41) is 2.48. The Morgan fingerprint density at radius 1 is 0.912 bits per heavy atom. The number of ether oxygens (including phenoxy) is 1. The van der Waals surface area contributed by atoms with Crippen LogP contribution in [0.1, 0.15) is 69.2 Å². The molecule has 0 aromatic heterocycles. The lowest BCUT2D eigenvalue weighted by molar-refractivity contribution is -0.119. The molecule has 0 heterocycles. The molecule has 0 aliphatic carbocycles. The molecule has 9 nitrogen and oxygen atoms in total. The Morgan fingerprint density at radius 3 is 1.88 bits per heavy atom. The third-order valence-electron chi connectivity index (χ3n) is 4.70. The van der Waals surface area contributed by atoms with Gasteiger partial charge in [0.2, 0.25) is 0 Å². The van der Waals surface area contributed by atoms with Crippen LogP contribution in [0.2, 0.25) is 18.1 Å². The van der Waals surface area contributed by atoms with Crippen LogP contribution < -0.4 is 5.32 Å². The summed E-state index contributed by atoms with van der Waals surface area (Å²) < 4.78 is 40.6. The van der Waals surface area contributed by atoms with Gasteiger partial charge >= 0.3 is 13.9 Å². The van der Waals surface area contributed by atoms with E-state index in [4.69, 9.17) is 22.7 Å². The van der Waals surface area contributed by atoms with E-state index in [0.717, 1.165) is 0 Å². The number of rotatable bonds is 10. The van der Waals surface area contributed by atoms with E-state index >= 15 is 0 Å². The molecule has 0 spiro atoms. The van der Waals surface area contributed by atoms with Crippen molar-refractivity contribution in [2.24, 2.45) is 0 Å². The van der Waals surface area contributed by atoms with Crippen molar-refractivity contribution in [1.29, 1.82) is 0 Å². The number of alkyl carbamates (subject to hydrolysis) is 1. The second kappa shape index (κ2) is 12.7. The normalized spacial score (nSPS) is 15.5. The highest BCUT2D eigenvalue weighted by Gasteiger charge is 2.37. The predicted octanol–water partition coefficient (Wildman–Crippen LogP) is 5.45. The molecule has 0 radical (unpaired) electrons. The SMILES string of the molecule is CC(=O)[C@H](COP(=O)(OCC#CCO[Si](C)(C)C(C)(C)C)OC(C)(C)C)NC(=O)OC(C)(C)C. The fourth-order valence-corrected chi connectivity index (χ4v) is 4.22. The molecule has 0 aromatic carbocycles. The lowest BCUT2D eigenvalue weighted by Gasteiger charge is -2.35. The third kappa shape index (κ3) is 14.2. The molecular weight excluding hydrogens is 477 g/mol. The molecule has 34 heavy (non-hydrogen) atoms. The van der Waals surface area contributed by atoms with Crippen LogP contribution in [0.15, 0.2) is 0 Å². The minimum Gasteiger partial charge on any atom is -0.444 e. The zero-order valence-electron chi connectivity index (χ0n) is 22.9. The number of Topliss-reactive ketones (excluding diaryl/α,β-unsaturated/α-hetero) is 1. The van der Waals surface area contributed by atoms with E-state index in [9.17, 15) is 14.2 Å². The van der Waals surface area contributed by atoms with Crippen molar-refractivity contribution in [3.05, 3.63) is 0 Å². The van der Waals surface area contributed by atoms with Crippen molar-refractivity contribution in [3.8, 4) is 11.8 Å². The van der Waals surface area contributed by atoms with Crippen molar-refractivity contribution in [2.75, 3.05) is 19.8 Å². The van der Waals surface area contributed by atoms with Gasteiger partial charge in [0.1, 0.15) is 18.2 Å². The van der Waals surface area contributed by atoms with Crippen molar-refractivity contribution in [1.82, 2.24) is 5.32 Å². The van der Waals surface area contributed by atoms with Crippen LogP contribution in [0.3, 0.4) is 0 Å². The zero-order valence-corrected chi connectivity index (χ0v) is 24.8. The molecule has 0 fully saturated rings. The van der Waals surface area contributed by atoms with E-state index in [1.165, 1.54) is 6.92 Å². The average Bonchev–Trinajstić information content (AvgIpc) is 2.57. The molecule has 0 aromatic rings. The van der Waals surface area contributed by atoms with Crippen molar-refractivity contribution in [2.45, 2.75) is 105 Å². The molecule has 0 aliphatic heterocycles. The summed E-state index contributed by atoms with van der Waals surface area (Å²) in [7, 11) is -6.03. The molecule has 0 saturated heterocycles. The monoisotopic (exact) mass is 521 g/mol. The van der Waals surface area contributed by atoms with Crippen molar-refractivity contribution >= 4 is 28.0 Å². The molecule has 1 N–H and O–H groups in total. The van der Waals surface area contributed by atoms with Gasteiger partial charge in [0.15, 0.2) is 14.1 Å². The second-order valence-corrected chi connectivity index (χ2v) is 17.8. The number of ketones is 1. The summed E-state index contributed by atoms with van der Waals surface area (Å²) >= 11 is 0. The number of hydrogen-bond acceptors (Lipinski definition) is 8. The number of amides is 1. The van der Waals surface area contributed by atoms with Gasteiger partial charge in [-0.25, -0.2) is 9.36 Å². The largest absolute Gasteiger partial charge is 0.476 e. The second-order valence-electron chi connectivity index (χ2n) is 11.4. The number of phosphoric ester groups is 1. The van der Waals surface area contributed by atoms with E-state index in [2.05, 4.69) is 51.0 Å². The maximum absolute atomic E-state index is 13.2. The van der Waals surface area contributed by atoms with Gasteiger partial charge in [0.25, 0.3) is 0 Å². The number of nitrogens with one attached hydrogen (secondary N) is 1. The summed E-state index contributed by atoms with van der Waals surface area (Å²) in [5.74, 6) is 5.21. The molecule has 198 valence electrons. The van der Waals surface area contributed by atoms with Crippen LogP contribution in [-0.4, -0.2) is 57.3 Å². The Kier molecular flexibility index (Phi) is 12.2. The van der Waals surface area contributed by atoms with E-state index in [-0.39, 0.29) is 18.3 Å². The fraction of sp³-hybridized carbons (Fsp3) is 0.826. The van der Waals surface area contributed by atoms with Crippen LogP contribution >= 0.6 is 7.82 Å². The molecule has 1 unspecified atom stereocenters. The van der Waals surface area contributed by atoms with E-state index in [1.807, 2.05) is 0 Å². The van der Waals surface area contributed by atoms with Crippen LogP contribution in [0.25, 0.3) is 0 Å². The maximum Gasteiger partial charge on any atom is 0.476 e. The maximum atomic E-state index is 13.2. The van der Waals surface area contributed by atoms with Gasteiger partial charge in [-0.3, -0.25) is 18.4 Å². The minimum absolute atomic E-state index is 0.0653. The number of phosphoric acid groups is 1. The molecule has 0 saturated carbocycles. The Labute approximate surface area is 206 Å². The predicted molar refractivity (Wildman–Crippen MR) is 135 cm³/mol. The molecule has 0 bridgehead atoms. The summed E-state index contributed by atoms with van der Waals surface area (Å²) in [6.07, 6.45) is -0.795. The topological polar surface area (TPSA) is 109 Å². The van der Waals surface area contributed by atoms with E-state index < -0.39 is 51.9 Å². The Hall–Kier alpha value is -1.21. The standard InChI is InChI=1S/C23H44NO8PSi/c1-18(25)19(24-20(26)31-21(2,3)4)17-29-33(27,32-22(5,6)7)28-15-13-14-16-30-34(11,12)23(8,9)10/h19H,15-17H2,1-12H3,(H,24,26)/t19-,33?/m0/s1. The van der Waals surface area contributed by atoms with Crippen LogP contribution in [-0.2, 0) is 32.1 Å². The van der Waals surface area contributed by atoms with Crippen molar-refractivity contribution < 1.29 is 36.9 Å². The summed E-state index contributed by atoms with van der Waals surface area (Å²) in [6.45, 7) is 21.7. The van der Waals surface area contributed by atoms with Gasteiger partial charge in [-0.2, -0.15) is 0 Å². The molecule has 0 aliphatic rings.